The van der Waals surface area contributed by atoms with Gasteiger partial charge >= 0.3 is 0 Å². The Hall–Kier alpha value is -3.00. The van der Waals surface area contributed by atoms with Crippen molar-refractivity contribution in [2.45, 2.75) is 78.1 Å². The van der Waals surface area contributed by atoms with E-state index in [0.717, 1.165) is 34.4 Å². The lowest BCUT2D eigenvalue weighted by atomic mass is 9.94. The third kappa shape index (κ3) is 5.73. The zero-order valence-corrected chi connectivity index (χ0v) is 20.7. The van der Waals surface area contributed by atoms with Crippen molar-refractivity contribution in [2.75, 3.05) is 0 Å². The van der Waals surface area contributed by atoms with Gasteiger partial charge in [-0.15, -0.1) is 0 Å². The number of unbranched alkanes of at least 4 members (excludes halogenated alkanes) is 6. The molecule has 2 nitrogen and oxygen atoms in total. The van der Waals surface area contributed by atoms with Gasteiger partial charge in [-0.1, -0.05) is 88.8 Å². The minimum absolute atomic E-state index is 0.206. The molecule has 0 heterocycles. The molecule has 4 aromatic rings. The summed E-state index contributed by atoms with van der Waals surface area (Å²) in [6.07, 6.45) is 12.1. The number of aromatic hydroxyl groups is 2. The van der Waals surface area contributed by atoms with Gasteiger partial charge in [0.05, 0.1) is 0 Å². The molecule has 0 aliphatic rings. The van der Waals surface area contributed by atoms with Crippen LogP contribution in [0, 0.1) is 0 Å². The zero-order valence-electron chi connectivity index (χ0n) is 20.7. The number of rotatable bonds is 11. The van der Waals surface area contributed by atoms with E-state index in [1.165, 1.54) is 62.5 Å². The molecule has 0 aliphatic heterocycles. The molecule has 0 saturated heterocycles. The van der Waals surface area contributed by atoms with Crippen LogP contribution >= 0.6 is 0 Å². The second-order valence-electron chi connectivity index (χ2n) is 9.72. The second-order valence-corrected chi connectivity index (χ2v) is 9.72. The molecule has 0 unspecified atom stereocenters. The number of aryl methyl sites for hydroxylation is 2. The molecular formula is C32H38O2. The van der Waals surface area contributed by atoms with Crippen LogP contribution in [-0.2, 0) is 12.8 Å². The summed E-state index contributed by atoms with van der Waals surface area (Å²) in [4.78, 5) is 0. The topological polar surface area (TPSA) is 40.5 Å². The summed E-state index contributed by atoms with van der Waals surface area (Å²) in [7, 11) is 0. The zero-order chi connectivity index (χ0) is 23.9. The van der Waals surface area contributed by atoms with Crippen LogP contribution in [0.4, 0.5) is 0 Å². The van der Waals surface area contributed by atoms with Crippen LogP contribution in [0.3, 0.4) is 0 Å². The van der Waals surface area contributed by atoms with E-state index in [-0.39, 0.29) is 11.5 Å². The van der Waals surface area contributed by atoms with Crippen LogP contribution in [0.2, 0.25) is 0 Å². The minimum Gasteiger partial charge on any atom is -0.507 e. The van der Waals surface area contributed by atoms with Crippen LogP contribution in [0.15, 0.2) is 60.7 Å². The molecule has 2 heteroatoms. The van der Waals surface area contributed by atoms with Gasteiger partial charge < -0.3 is 10.2 Å². The van der Waals surface area contributed by atoms with Gasteiger partial charge in [0.1, 0.15) is 11.5 Å². The lowest BCUT2D eigenvalue weighted by molar-refractivity contribution is 0.470. The van der Waals surface area contributed by atoms with E-state index in [4.69, 9.17) is 0 Å². The van der Waals surface area contributed by atoms with Gasteiger partial charge in [-0.05, 0) is 82.6 Å². The molecule has 0 saturated carbocycles. The summed E-state index contributed by atoms with van der Waals surface area (Å²) in [5, 5.41) is 26.0. The van der Waals surface area contributed by atoms with Gasteiger partial charge in [0.2, 0.25) is 0 Å². The fourth-order valence-electron chi connectivity index (χ4n) is 4.92. The number of hydrogen-bond acceptors (Lipinski definition) is 2. The Morgan fingerprint density at radius 3 is 1.32 bits per heavy atom. The Balaban J connectivity index is 1.59. The quantitative estimate of drug-likeness (QED) is 0.222. The molecule has 0 fully saturated rings. The molecule has 4 aromatic carbocycles. The monoisotopic (exact) mass is 454 g/mol. The van der Waals surface area contributed by atoms with Crippen LogP contribution in [-0.4, -0.2) is 10.2 Å². The summed E-state index contributed by atoms with van der Waals surface area (Å²) in [6, 6.07) is 20.7. The first-order valence-electron chi connectivity index (χ1n) is 13.1. The lowest BCUT2D eigenvalue weighted by Crippen LogP contribution is -1.89. The van der Waals surface area contributed by atoms with E-state index in [1.54, 1.807) is 0 Å². The first-order valence-corrected chi connectivity index (χ1v) is 13.1. The van der Waals surface area contributed by atoms with E-state index in [9.17, 15) is 10.2 Å². The first-order chi connectivity index (χ1) is 16.6. The molecule has 178 valence electrons. The molecule has 2 N–H and O–H groups in total. The molecule has 0 bridgehead atoms. The van der Waals surface area contributed by atoms with E-state index in [2.05, 4.69) is 50.2 Å². The van der Waals surface area contributed by atoms with Gasteiger partial charge in [0.15, 0.2) is 0 Å². The third-order valence-electron chi connectivity index (χ3n) is 6.97. The van der Waals surface area contributed by atoms with Gasteiger partial charge in [-0.3, -0.25) is 0 Å². The number of benzene rings is 4. The van der Waals surface area contributed by atoms with E-state index in [0.29, 0.717) is 11.1 Å². The average molecular weight is 455 g/mol. The first kappa shape index (κ1) is 24.1. The van der Waals surface area contributed by atoms with Crippen molar-refractivity contribution in [1.82, 2.24) is 0 Å². The fourth-order valence-corrected chi connectivity index (χ4v) is 4.92. The van der Waals surface area contributed by atoms with Crippen molar-refractivity contribution in [3.05, 3.63) is 71.8 Å². The predicted octanol–water partition coefficient (Wildman–Crippen LogP) is 9.32. The maximum absolute atomic E-state index is 10.9. The SMILES string of the molecule is CCCCCCc1ccc2cc(-c3cc4ccc(CCCCCC)cc4cc3O)c(O)cc2c1. The average Bonchev–Trinajstić information content (AvgIpc) is 2.84. The van der Waals surface area contributed by atoms with E-state index in [1.807, 2.05) is 24.3 Å². The van der Waals surface area contributed by atoms with Crippen molar-refractivity contribution >= 4 is 21.5 Å². The maximum Gasteiger partial charge on any atom is 0.124 e. The standard InChI is InChI=1S/C32H38O2/c1-3-5-7-9-11-23-13-15-25-19-29(31(33)21-27(25)17-23)30-20-26-16-14-24(12-10-8-6-4-2)18-28(26)22-32(30)34/h13-22,33-34H,3-12H2,1-2H3. The van der Waals surface area contributed by atoms with Gasteiger partial charge in [0, 0.05) is 11.1 Å². The smallest absolute Gasteiger partial charge is 0.124 e. The van der Waals surface area contributed by atoms with Crippen LogP contribution < -0.4 is 0 Å². The molecule has 0 aromatic heterocycles. The Bertz CT molecular complexity index is 1160. The Morgan fingerprint density at radius 1 is 0.471 bits per heavy atom. The Morgan fingerprint density at radius 2 is 0.912 bits per heavy atom. The highest BCUT2D eigenvalue weighted by atomic mass is 16.3. The number of phenols is 2. The molecule has 0 spiro atoms. The summed E-state index contributed by atoms with van der Waals surface area (Å²) in [5.74, 6) is 0.413. The highest BCUT2D eigenvalue weighted by Crippen LogP contribution is 2.40. The summed E-state index contributed by atoms with van der Waals surface area (Å²) in [5.41, 5.74) is 3.97. The molecular weight excluding hydrogens is 416 g/mol. The van der Waals surface area contributed by atoms with Gasteiger partial charge in [-0.2, -0.15) is 0 Å². The fraction of sp³-hybridized carbons (Fsp3) is 0.375. The van der Waals surface area contributed by atoms with Gasteiger partial charge in [0.25, 0.3) is 0 Å². The van der Waals surface area contributed by atoms with Crippen molar-refractivity contribution < 1.29 is 10.2 Å². The molecule has 0 atom stereocenters. The molecule has 0 amide bonds. The lowest BCUT2D eigenvalue weighted by Gasteiger charge is -2.12. The normalized spacial score (nSPS) is 11.5. The maximum atomic E-state index is 10.9. The van der Waals surface area contributed by atoms with Gasteiger partial charge in [-0.25, -0.2) is 0 Å². The summed E-state index contributed by atoms with van der Waals surface area (Å²) in [6.45, 7) is 4.47. The van der Waals surface area contributed by atoms with Crippen LogP contribution in [0.25, 0.3) is 32.7 Å². The summed E-state index contributed by atoms with van der Waals surface area (Å²) < 4.78 is 0. The summed E-state index contributed by atoms with van der Waals surface area (Å²) >= 11 is 0. The number of hydrogen-bond donors (Lipinski definition) is 2. The Labute approximate surface area is 204 Å². The predicted molar refractivity (Wildman–Crippen MR) is 146 cm³/mol. The number of phenolic OH excluding ortho intramolecular Hbond substituents is 2. The molecule has 0 aliphatic carbocycles. The van der Waals surface area contributed by atoms with Crippen molar-refractivity contribution in [3.8, 4) is 22.6 Å². The Kier molecular flexibility index (Phi) is 8.11. The van der Waals surface area contributed by atoms with Crippen molar-refractivity contribution in [2.24, 2.45) is 0 Å². The number of fused-ring (bicyclic) bond motifs is 2. The van der Waals surface area contributed by atoms with Crippen LogP contribution in [0.1, 0.15) is 76.3 Å². The van der Waals surface area contributed by atoms with Crippen molar-refractivity contribution in [1.29, 1.82) is 0 Å². The van der Waals surface area contributed by atoms with E-state index < -0.39 is 0 Å². The second kappa shape index (κ2) is 11.4. The third-order valence-corrected chi connectivity index (χ3v) is 6.97. The minimum atomic E-state index is 0.206. The van der Waals surface area contributed by atoms with Crippen LogP contribution in [0.5, 0.6) is 11.5 Å². The molecule has 0 radical (unpaired) electrons. The highest BCUT2D eigenvalue weighted by Gasteiger charge is 2.13. The van der Waals surface area contributed by atoms with Crippen molar-refractivity contribution in [3.63, 3.8) is 0 Å². The largest absolute Gasteiger partial charge is 0.507 e. The molecule has 4 rings (SSSR count). The molecule has 34 heavy (non-hydrogen) atoms. The van der Waals surface area contributed by atoms with E-state index >= 15 is 0 Å². The highest BCUT2D eigenvalue weighted by molar-refractivity contribution is 5.96.